The number of aromatic nitrogens is 1. The van der Waals surface area contributed by atoms with Crippen molar-refractivity contribution in [2.24, 2.45) is 0 Å². The summed E-state index contributed by atoms with van der Waals surface area (Å²) < 4.78 is 5.59. The Labute approximate surface area is 189 Å². The number of rotatable bonds is 10. The molecule has 0 saturated heterocycles. The molecule has 2 aromatic carbocycles. The number of aromatic amines is 1. The molecule has 1 aromatic heterocycles. The average Bonchev–Trinajstić information content (AvgIpc) is 2.80. The summed E-state index contributed by atoms with van der Waals surface area (Å²) in [6.07, 6.45) is 0. The zero-order chi connectivity index (χ0) is 22.9. The largest absolute Gasteiger partial charge is 0.494 e. The van der Waals surface area contributed by atoms with Crippen LogP contribution in [-0.4, -0.2) is 53.6 Å². The smallest absolute Gasteiger partial charge is 0.322 e. The fraction of sp³-hybridized carbons (Fsp3) is 0.360. The molecule has 2 amide bonds. The summed E-state index contributed by atoms with van der Waals surface area (Å²) in [5.74, 6) is 0.748. The van der Waals surface area contributed by atoms with Crippen LogP contribution < -0.4 is 15.6 Å². The van der Waals surface area contributed by atoms with Gasteiger partial charge in [-0.05, 0) is 56.4 Å². The minimum absolute atomic E-state index is 0.193. The first-order chi connectivity index (χ1) is 15.5. The zero-order valence-corrected chi connectivity index (χ0v) is 19.1. The molecule has 0 aliphatic rings. The predicted molar refractivity (Wildman–Crippen MR) is 129 cm³/mol. The van der Waals surface area contributed by atoms with Gasteiger partial charge in [0.2, 0.25) is 0 Å². The van der Waals surface area contributed by atoms with Gasteiger partial charge < -0.3 is 24.8 Å². The molecule has 7 heteroatoms. The second-order valence-corrected chi connectivity index (χ2v) is 7.55. The lowest BCUT2D eigenvalue weighted by molar-refractivity contribution is 0.194. The predicted octanol–water partition coefficient (Wildman–Crippen LogP) is 4.30. The van der Waals surface area contributed by atoms with Crippen LogP contribution in [0.5, 0.6) is 5.75 Å². The van der Waals surface area contributed by atoms with Crippen LogP contribution in [-0.2, 0) is 6.54 Å². The lowest BCUT2D eigenvalue weighted by atomic mass is 10.1. The van der Waals surface area contributed by atoms with E-state index in [1.54, 1.807) is 4.90 Å². The topological polar surface area (TPSA) is 77.7 Å². The SMILES string of the molecule is CCOc1ccc2[nH]c(=O)c(CN(CCN(CC)CC)C(=O)Nc3ccccc3)cc2c1. The summed E-state index contributed by atoms with van der Waals surface area (Å²) in [7, 11) is 0. The molecular formula is C25H32N4O3. The maximum atomic E-state index is 13.1. The Kier molecular flexibility index (Phi) is 8.27. The monoisotopic (exact) mass is 436 g/mol. The van der Waals surface area contributed by atoms with Crippen LogP contribution in [0.3, 0.4) is 0 Å². The second kappa shape index (κ2) is 11.3. The molecule has 170 valence electrons. The third kappa shape index (κ3) is 6.11. The molecule has 3 rings (SSSR count). The van der Waals surface area contributed by atoms with Crippen molar-refractivity contribution >= 4 is 22.6 Å². The molecule has 0 spiro atoms. The van der Waals surface area contributed by atoms with Gasteiger partial charge in [-0.3, -0.25) is 4.79 Å². The molecule has 0 radical (unpaired) electrons. The van der Waals surface area contributed by atoms with Crippen molar-refractivity contribution in [2.75, 3.05) is 38.1 Å². The Morgan fingerprint density at radius 2 is 1.75 bits per heavy atom. The van der Waals surface area contributed by atoms with Crippen LogP contribution in [0.4, 0.5) is 10.5 Å². The van der Waals surface area contributed by atoms with Crippen molar-refractivity contribution in [3.8, 4) is 5.75 Å². The number of fused-ring (bicyclic) bond motifs is 1. The van der Waals surface area contributed by atoms with Crippen LogP contribution in [0.25, 0.3) is 10.9 Å². The van der Waals surface area contributed by atoms with Gasteiger partial charge in [0.1, 0.15) is 5.75 Å². The number of carbonyl (C=O) groups is 1. The first-order valence-electron chi connectivity index (χ1n) is 11.2. The molecule has 7 nitrogen and oxygen atoms in total. The molecule has 1 heterocycles. The van der Waals surface area contributed by atoms with Gasteiger partial charge in [-0.25, -0.2) is 4.79 Å². The number of hydrogen-bond donors (Lipinski definition) is 2. The Hall–Kier alpha value is -3.32. The van der Waals surface area contributed by atoms with Crippen LogP contribution >= 0.6 is 0 Å². The van der Waals surface area contributed by atoms with Gasteiger partial charge in [0.05, 0.1) is 13.2 Å². The highest BCUT2D eigenvalue weighted by Gasteiger charge is 2.17. The number of likely N-dealkylation sites (N-methyl/N-ethyl adjacent to an activating group) is 1. The van der Waals surface area contributed by atoms with Crippen LogP contribution in [0.2, 0.25) is 0 Å². The first-order valence-corrected chi connectivity index (χ1v) is 11.2. The highest BCUT2D eigenvalue weighted by Crippen LogP contribution is 2.20. The van der Waals surface area contributed by atoms with Gasteiger partial charge in [0.25, 0.3) is 5.56 Å². The summed E-state index contributed by atoms with van der Waals surface area (Å²) in [5, 5.41) is 3.81. The van der Waals surface area contributed by atoms with Gasteiger partial charge in [-0.15, -0.1) is 0 Å². The number of ether oxygens (including phenoxy) is 1. The third-order valence-corrected chi connectivity index (χ3v) is 5.46. The van der Waals surface area contributed by atoms with Crippen molar-refractivity contribution in [3.63, 3.8) is 0 Å². The van der Waals surface area contributed by atoms with Gasteiger partial charge >= 0.3 is 6.03 Å². The molecular weight excluding hydrogens is 404 g/mol. The summed E-state index contributed by atoms with van der Waals surface area (Å²) in [6, 6.07) is 16.5. The molecule has 3 aromatic rings. The van der Waals surface area contributed by atoms with Crippen molar-refractivity contribution in [3.05, 3.63) is 70.5 Å². The third-order valence-electron chi connectivity index (χ3n) is 5.46. The number of nitrogens with zero attached hydrogens (tertiary/aromatic N) is 2. The summed E-state index contributed by atoms with van der Waals surface area (Å²) in [4.78, 5) is 32.7. The quantitative estimate of drug-likeness (QED) is 0.497. The summed E-state index contributed by atoms with van der Waals surface area (Å²) >= 11 is 0. The molecule has 0 fully saturated rings. The zero-order valence-electron chi connectivity index (χ0n) is 19.1. The van der Waals surface area contributed by atoms with Crippen molar-refractivity contribution in [1.82, 2.24) is 14.8 Å². The van der Waals surface area contributed by atoms with Gasteiger partial charge in [-0.1, -0.05) is 32.0 Å². The van der Waals surface area contributed by atoms with Crippen molar-refractivity contribution < 1.29 is 9.53 Å². The fourth-order valence-corrected chi connectivity index (χ4v) is 3.59. The number of hydrogen-bond acceptors (Lipinski definition) is 4. The van der Waals surface area contributed by atoms with Crippen molar-refractivity contribution in [2.45, 2.75) is 27.3 Å². The first kappa shape index (κ1) is 23.3. The average molecular weight is 437 g/mol. The molecule has 2 N–H and O–H groups in total. The number of benzene rings is 2. The van der Waals surface area contributed by atoms with Crippen LogP contribution in [0, 0.1) is 0 Å². The van der Waals surface area contributed by atoms with E-state index in [1.807, 2.05) is 61.5 Å². The number of urea groups is 1. The van der Waals surface area contributed by atoms with E-state index in [4.69, 9.17) is 4.74 Å². The molecule has 0 aliphatic heterocycles. The number of nitrogens with one attached hydrogen (secondary N) is 2. The Bertz CT molecular complexity index is 1080. The van der Waals surface area contributed by atoms with E-state index < -0.39 is 0 Å². The summed E-state index contributed by atoms with van der Waals surface area (Å²) in [6.45, 7) is 9.96. The van der Waals surface area contributed by atoms with Gasteiger partial charge in [0.15, 0.2) is 0 Å². The molecule has 32 heavy (non-hydrogen) atoms. The number of carbonyl (C=O) groups excluding carboxylic acids is 1. The fourth-order valence-electron chi connectivity index (χ4n) is 3.59. The van der Waals surface area contributed by atoms with Crippen LogP contribution in [0.15, 0.2) is 59.4 Å². The molecule has 0 bridgehead atoms. The second-order valence-electron chi connectivity index (χ2n) is 7.55. The number of amides is 2. The lowest BCUT2D eigenvalue weighted by Crippen LogP contribution is -2.41. The Balaban J connectivity index is 1.86. The maximum Gasteiger partial charge on any atom is 0.322 e. The number of para-hydroxylation sites is 1. The normalized spacial score (nSPS) is 11.0. The van der Waals surface area contributed by atoms with E-state index in [2.05, 4.69) is 29.0 Å². The van der Waals surface area contributed by atoms with E-state index in [-0.39, 0.29) is 18.1 Å². The highest BCUT2D eigenvalue weighted by atomic mass is 16.5. The molecule has 0 unspecified atom stereocenters. The molecule has 0 saturated carbocycles. The number of H-pyrrole nitrogens is 1. The lowest BCUT2D eigenvalue weighted by Gasteiger charge is -2.26. The van der Waals surface area contributed by atoms with E-state index >= 15 is 0 Å². The van der Waals surface area contributed by atoms with E-state index in [9.17, 15) is 9.59 Å². The molecule has 0 atom stereocenters. The number of anilines is 1. The maximum absolute atomic E-state index is 13.1. The minimum atomic E-state index is -0.231. The molecule has 0 aliphatic carbocycles. The van der Waals surface area contributed by atoms with Crippen LogP contribution in [0.1, 0.15) is 26.3 Å². The van der Waals surface area contributed by atoms with Gasteiger partial charge in [0, 0.05) is 35.2 Å². The Morgan fingerprint density at radius 1 is 1.00 bits per heavy atom. The summed E-state index contributed by atoms with van der Waals surface area (Å²) in [5.41, 5.74) is 1.81. The van der Waals surface area contributed by atoms with Gasteiger partial charge in [-0.2, -0.15) is 0 Å². The number of pyridine rings is 1. The van der Waals surface area contributed by atoms with E-state index in [0.29, 0.717) is 18.7 Å². The van der Waals surface area contributed by atoms with E-state index in [1.165, 1.54) is 0 Å². The van der Waals surface area contributed by atoms with Crippen molar-refractivity contribution in [1.29, 1.82) is 0 Å². The Morgan fingerprint density at radius 3 is 2.44 bits per heavy atom. The highest BCUT2D eigenvalue weighted by molar-refractivity contribution is 5.89. The standard InChI is InChI=1S/C25H32N4O3/c1-4-28(5-2)14-15-29(25(31)26-21-10-8-7-9-11-21)18-20-16-19-17-22(32-6-3)12-13-23(19)27-24(20)30/h7-13,16-17H,4-6,14-15,18H2,1-3H3,(H,26,31)(H,27,30). The van der Waals surface area contributed by atoms with E-state index in [0.717, 1.165) is 42.0 Å². The minimum Gasteiger partial charge on any atom is -0.494 e.